The second-order valence-electron chi connectivity index (χ2n) is 17.6. The summed E-state index contributed by atoms with van der Waals surface area (Å²) in [6.07, 6.45) is 0. The fourth-order valence-electron chi connectivity index (χ4n) is 11.3. The van der Waals surface area contributed by atoms with Crippen molar-refractivity contribution in [2.75, 3.05) is 4.90 Å². The Kier molecular flexibility index (Phi) is 9.11. The van der Waals surface area contributed by atoms with Gasteiger partial charge in [-0.1, -0.05) is 212 Å². The molecule has 1 aliphatic carbocycles. The van der Waals surface area contributed by atoms with E-state index in [1.54, 1.807) is 0 Å². The van der Waals surface area contributed by atoms with Crippen LogP contribution in [-0.2, 0) is 5.41 Å². The van der Waals surface area contributed by atoms with E-state index < -0.39 is 5.41 Å². The normalized spacial score (nSPS) is 12.6. The minimum absolute atomic E-state index is 0.523. The van der Waals surface area contributed by atoms with Crippen LogP contribution in [0.2, 0.25) is 0 Å². The van der Waals surface area contributed by atoms with Crippen LogP contribution in [0.4, 0.5) is 17.1 Å². The molecule has 0 fully saturated rings. The van der Waals surface area contributed by atoms with E-state index in [0.717, 1.165) is 22.7 Å². The largest absolute Gasteiger partial charge is 0.310 e. The first kappa shape index (κ1) is 38.7. The third kappa shape index (κ3) is 6.04. The van der Waals surface area contributed by atoms with Crippen LogP contribution in [0.15, 0.2) is 267 Å². The summed E-state index contributed by atoms with van der Waals surface area (Å²) >= 11 is 0. The maximum atomic E-state index is 2.47. The SMILES string of the molecule is c1ccc(-c2cccc3cccc(-c4ccc(N(c5ccc(-n6c7ccccc7c7ccccc76)cc5)c5cccc6c5-c5ccccc5C6(c5ccccc5)c5ccccc5)cc4)c23)cc1. The maximum Gasteiger partial charge on any atom is 0.0714 e. The van der Waals surface area contributed by atoms with Crippen molar-refractivity contribution in [3.63, 3.8) is 0 Å². The molecule has 0 aliphatic heterocycles. The quantitative estimate of drug-likeness (QED) is 0.148. The summed E-state index contributed by atoms with van der Waals surface area (Å²) in [5.41, 5.74) is 18.7. The lowest BCUT2D eigenvalue weighted by Crippen LogP contribution is -2.28. The maximum absolute atomic E-state index is 2.47. The molecular formula is C65H44N2. The number of rotatable bonds is 8. The summed E-state index contributed by atoms with van der Waals surface area (Å²) in [6, 6.07) is 98.0. The van der Waals surface area contributed by atoms with E-state index in [1.165, 1.54) is 88.2 Å². The molecule has 2 heteroatoms. The third-order valence-electron chi connectivity index (χ3n) is 14.1. The van der Waals surface area contributed by atoms with E-state index in [0.29, 0.717) is 0 Å². The predicted molar refractivity (Wildman–Crippen MR) is 281 cm³/mol. The van der Waals surface area contributed by atoms with Gasteiger partial charge in [-0.25, -0.2) is 0 Å². The Morgan fingerprint density at radius 3 is 1.40 bits per heavy atom. The lowest BCUT2D eigenvalue weighted by atomic mass is 9.68. The Bertz CT molecular complexity index is 3680. The van der Waals surface area contributed by atoms with Gasteiger partial charge >= 0.3 is 0 Å². The molecule has 2 nitrogen and oxygen atoms in total. The molecule has 0 saturated heterocycles. The molecule has 1 aliphatic rings. The number of fused-ring (bicyclic) bond motifs is 7. The molecule has 11 aromatic carbocycles. The minimum atomic E-state index is -0.523. The van der Waals surface area contributed by atoms with Crippen LogP contribution >= 0.6 is 0 Å². The zero-order chi connectivity index (χ0) is 44.3. The van der Waals surface area contributed by atoms with E-state index in [2.05, 4.69) is 276 Å². The van der Waals surface area contributed by atoms with Gasteiger partial charge in [-0.2, -0.15) is 0 Å². The molecule has 0 atom stereocenters. The van der Waals surface area contributed by atoms with Crippen molar-refractivity contribution in [3.8, 4) is 39.1 Å². The monoisotopic (exact) mass is 852 g/mol. The second kappa shape index (κ2) is 15.8. The van der Waals surface area contributed by atoms with E-state index in [-0.39, 0.29) is 0 Å². The summed E-state index contributed by atoms with van der Waals surface area (Å²) in [4.78, 5) is 2.47. The first-order chi connectivity index (χ1) is 33.3. The first-order valence-electron chi connectivity index (χ1n) is 23.2. The summed E-state index contributed by atoms with van der Waals surface area (Å²) < 4.78 is 2.39. The molecular weight excluding hydrogens is 809 g/mol. The number of hydrogen-bond donors (Lipinski definition) is 0. The molecule has 0 unspecified atom stereocenters. The molecule has 0 amide bonds. The van der Waals surface area contributed by atoms with Crippen molar-refractivity contribution in [3.05, 3.63) is 289 Å². The van der Waals surface area contributed by atoms with Crippen molar-refractivity contribution in [1.29, 1.82) is 0 Å². The Morgan fingerprint density at radius 1 is 0.328 bits per heavy atom. The number of anilines is 3. The van der Waals surface area contributed by atoms with Crippen LogP contribution in [-0.4, -0.2) is 4.57 Å². The highest BCUT2D eigenvalue weighted by molar-refractivity contribution is 6.10. The highest BCUT2D eigenvalue weighted by Gasteiger charge is 2.47. The number of aromatic nitrogens is 1. The Balaban J connectivity index is 1.03. The van der Waals surface area contributed by atoms with Crippen molar-refractivity contribution in [2.24, 2.45) is 0 Å². The number of benzene rings is 11. The predicted octanol–water partition coefficient (Wildman–Crippen LogP) is 17.1. The average Bonchev–Trinajstić information content (AvgIpc) is 3.91. The van der Waals surface area contributed by atoms with Gasteiger partial charge in [-0.05, 0) is 115 Å². The van der Waals surface area contributed by atoms with Gasteiger partial charge in [0.15, 0.2) is 0 Å². The van der Waals surface area contributed by atoms with Gasteiger partial charge in [-0.15, -0.1) is 0 Å². The zero-order valence-electron chi connectivity index (χ0n) is 36.8. The smallest absolute Gasteiger partial charge is 0.0714 e. The number of nitrogens with zero attached hydrogens (tertiary/aromatic N) is 2. The highest BCUT2D eigenvalue weighted by Crippen LogP contribution is 2.59. The topological polar surface area (TPSA) is 8.17 Å². The molecule has 67 heavy (non-hydrogen) atoms. The Labute approximate surface area is 390 Å². The van der Waals surface area contributed by atoms with Crippen molar-refractivity contribution in [1.82, 2.24) is 4.57 Å². The van der Waals surface area contributed by atoms with Gasteiger partial charge in [0.1, 0.15) is 0 Å². The summed E-state index contributed by atoms with van der Waals surface area (Å²) in [5, 5.41) is 5.00. The lowest BCUT2D eigenvalue weighted by molar-refractivity contribution is 0.768. The summed E-state index contributed by atoms with van der Waals surface area (Å²) in [6.45, 7) is 0. The van der Waals surface area contributed by atoms with Crippen LogP contribution in [0.1, 0.15) is 22.3 Å². The molecule has 0 N–H and O–H groups in total. The molecule has 314 valence electrons. The molecule has 12 aromatic rings. The van der Waals surface area contributed by atoms with Gasteiger partial charge in [-0.3, -0.25) is 0 Å². The lowest BCUT2D eigenvalue weighted by Gasteiger charge is -2.34. The van der Waals surface area contributed by atoms with Gasteiger partial charge in [0.25, 0.3) is 0 Å². The molecule has 0 saturated carbocycles. The van der Waals surface area contributed by atoms with Gasteiger partial charge in [0, 0.05) is 33.4 Å². The van der Waals surface area contributed by atoms with E-state index in [4.69, 9.17) is 0 Å². The summed E-state index contributed by atoms with van der Waals surface area (Å²) in [5.74, 6) is 0. The minimum Gasteiger partial charge on any atom is -0.310 e. The van der Waals surface area contributed by atoms with Crippen molar-refractivity contribution < 1.29 is 0 Å². The van der Waals surface area contributed by atoms with Gasteiger partial charge in [0.2, 0.25) is 0 Å². The van der Waals surface area contributed by atoms with Gasteiger partial charge in [0.05, 0.1) is 22.1 Å². The van der Waals surface area contributed by atoms with E-state index >= 15 is 0 Å². The first-order valence-corrected chi connectivity index (χ1v) is 23.2. The standard InChI is InChI=1S/C65H44N2/c1-4-19-45(20-5-1)53-30-16-21-47-22-17-31-54(63(47)53)46-37-39-50(40-38-46)66(51-41-43-52(44-42-51)67-60-34-14-11-27-55(60)56-28-12-15-35-61(56)67)62-36-18-33-59-64(62)57-29-10-13-32-58(57)65(59,48-23-6-2-7-24-48)49-25-8-3-9-26-49/h1-44H. The van der Waals surface area contributed by atoms with Crippen LogP contribution in [0.3, 0.4) is 0 Å². The Morgan fingerprint density at radius 2 is 0.791 bits per heavy atom. The number of para-hydroxylation sites is 2. The van der Waals surface area contributed by atoms with Crippen LogP contribution in [0, 0.1) is 0 Å². The van der Waals surface area contributed by atoms with Crippen molar-refractivity contribution >= 4 is 49.6 Å². The molecule has 1 heterocycles. The second-order valence-corrected chi connectivity index (χ2v) is 17.6. The van der Waals surface area contributed by atoms with E-state index in [1.807, 2.05) is 0 Å². The Hall–Kier alpha value is -8.72. The van der Waals surface area contributed by atoms with Crippen molar-refractivity contribution in [2.45, 2.75) is 5.41 Å². The van der Waals surface area contributed by atoms with Crippen LogP contribution < -0.4 is 4.90 Å². The van der Waals surface area contributed by atoms with Crippen LogP contribution in [0.5, 0.6) is 0 Å². The third-order valence-corrected chi connectivity index (χ3v) is 14.1. The fourth-order valence-corrected chi connectivity index (χ4v) is 11.3. The van der Waals surface area contributed by atoms with Crippen LogP contribution in [0.25, 0.3) is 71.6 Å². The summed E-state index contributed by atoms with van der Waals surface area (Å²) in [7, 11) is 0. The zero-order valence-corrected chi connectivity index (χ0v) is 36.8. The molecule has 0 spiro atoms. The molecule has 1 aromatic heterocycles. The van der Waals surface area contributed by atoms with E-state index in [9.17, 15) is 0 Å². The fraction of sp³-hybridized carbons (Fsp3) is 0.0154. The highest BCUT2D eigenvalue weighted by atomic mass is 15.1. The number of hydrogen-bond acceptors (Lipinski definition) is 1. The molecule has 0 bridgehead atoms. The average molecular weight is 853 g/mol. The molecule has 0 radical (unpaired) electrons. The van der Waals surface area contributed by atoms with Gasteiger partial charge < -0.3 is 9.47 Å². The molecule has 13 rings (SSSR count).